The number of ether oxygens (including phenoxy) is 1. The van der Waals surface area contributed by atoms with Gasteiger partial charge in [0.15, 0.2) is 6.10 Å². The molecule has 3 nitrogen and oxygen atoms in total. The number of benzene rings is 2. The maximum Gasteiger partial charge on any atom is 0.265 e. The van der Waals surface area contributed by atoms with Crippen LogP contribution in [0.3, 0.4) is 0 Å². The molecule has 0 aliphatic carbocycles. The summed E-state index contributed by atoms with van der Waals surface area (Å²) in [7, 11) is 0. The summed E-state index contributed by atoms with van der Waals surface area (Å²) in [5.41, 5.74) is 2.75. The lowest BCUT2D eigenvalue weighted by Gasteiger charge is -2.19. The van der Waals surface area contributed by atoms with E-state index in [9.17, 15) is 4.79 Å². The fourth-order valence-corrected chi connectivity index (χ4v) is 2.50. The Balaban J connectivity index is 2.10. The van der Waals surface area contributed by atoms with Crippen LogP contribution in [0.5, 0.6) is 5.75 Å². The number of hydrogen-bond acceptors (Lipinski definition) is 2. The standard InChI is InChI=1S/C18H19Cl2NO2/c1-4-16(23-17-8-5-11(2)9-12(17)3)18(22)21-13-6-7-14(19)15(20)10-13/h5-10,16H,4H2,1-3H3,(H,21,22). The van der Waals surface area contributed by atoms with Crippen molar-refractivity contribution in [3.05, 3.63) is 57.6 Å². The summed E-state index contributed by atoms with van der Waals surface area (Å²) in [5, 5.41) is 3.65. The van der Waals surface area contributed by atoms with E-state index in [0.29, 0.717) is 27.9 Å². The average molecular weight is 352 g/mol. The van der Waals surface area contributed by atoms with Crippen molar-refractivity contribution in [2.75, 3.05) is 5.32 Å². The number of halogens is 2. The van der Waals surface area contributed by atoms with Crippen LogP contribution in [0.15, 0.2) is 36.4 Å². The first-order valence-electron chi connectivity index (χ1n) is 7.40. The van der Waals surface area contributed by atoms with Gasteiger partial charge in [0.25, 0.3) is 5.91 Å². The highest BCUT2D eigenvalue weighted by Crippen LogP contribution is 2.26. The van der Waals surface area contributed by atoms with E-state index in [4.69, 9.17) is 27.9 Å². The molecular formula is C18H19Cl2NO2. The Morgan fingerprint density at radius 2 is 1.87 bits per heavy atom. The van der Waals surface area contributed by atoms with E-state index in [0.717, 1.165) is 11.1 Å². The van der Waals surface area contributed by atoms with Gasteiger partial charge in [-0.2, -0.15) is 0 Å². The molecule has 2 aromatic rings. The van der Waals surface area contributed by atoms with E-state index in [2.05, 4.69) is 5.32 Å². The number of carbonyl (C=O) groups excluding carboxylic acids is 1. The quantitative estimate of drug-likeness (QED) is 0.782. The van der Waals surface area contributed by atoms with Gasteiger partial charge in [-0.1, -0.05) is 47.8 Å². The van der Waals surface area contributed by atoms with E-state index in [-0.39, 0.29) is 5.91 Å². The van der Waals surface area contributed by atoms with Gasteiger partial charge in [-0.3, -0.25) is 4.79 Å². The van der Waals surface area contributed by atoms with Crippen LogP contribution in [0.4, 0.5) is 5.69 Å². The van der Waals surface area contributed by atoms with Crippen molar-refractivity contribution in [2.45, 2.75) is 33.3 Å². The molecule has 0 saturated heterocycles. The molecular weight excluding hydrogens is 333 g/mol. The van der Waals surface area contributed by atoms with Crippen LogP contribution in [0, 0.1) is 13.8 Å². The van der Waals surface area contributed by atoms with Gasteiger partial charge in [-0.25, -0.2) is 0 Å². The maximum absolute atomic E-state index is 12.4. The molecule has 0 bridgehead atoms. The van der Waals surface area contributed by atoms with E-state index >= 15 is 0 Å². The van der Waals surface area contributed by atoms with Gasteiger partial charge in [0, 0.05) is 5.69 Å². The Hall–Kier alpha value is -1.71. The van der Waals surface area contributed by atoms with E-state index in [1.807, 2.05) is 39.0 Å². The van der Waals surface area contributed by atoms with Crippen molar-refractivity contribution in [2.24, 2.45) is 0 Å². The molecule has 1 atom stereocenters. The molecule has 0 fully saturated rings. The highest BCUT2D eigenvalue weighted by Gasteiger charge is 2.19. The van der Waals surface area contributed by atoms with Crippen molar-refractivity contribution < 1.29 is 9.53 Å². The molecule has 2 aromatic carbocycles. The predicted octanol–water partition coefficient (Wildman–Crippen LogP) is 5.41. The van der Waals surface area contributed by atoms with Crippen LogP contribution < -0.4 is 10.1 Å². The zero-order valence-corrected chi connectivity index (χ0v) is 14.8. The van der Waals surface area contributed by atoms with Gasteiger partial charge in [-0.05, 0) is 50.1 Å². The summed E-state index contributed by atoms with van der Waals surface area (Å²) in [5.74, 6) is 0.498. The summed E-state index contributed by atoms with van der Waals surface area (Å²) < 4.78 is 5.87. The number of anilines is 1. The maximum atomic E-state index is 12.4. The number of aryl methyl sites for hydroxylation is 2. The third-order valence-electron chi connectivity index (χ3n) is 3.45. The molecule has 0 aliphatic rings. The van der Waals surface area contributed by atoms with E-state index in [1.165, 1.54) is 0 Å². The molecule has 2 rings (SSSR count). The molecule has 1 N–H and O–H groups in total. The van der Waals surface area contributed by atoms with E-state index < -0.39 is 6.10 Å². The van der Waals surface area contributed by atoms with Crippen LogP contribution in [0.25, 0.3) is 0 Å². The average Bonchev–Trinajstić information content (AvgIpc) is 2.50. The summed E-state index contributed by atoms with van der Waals surface area (Å²) in [6.07, 6.45) is -0.0219. The third kappa shape index (κ3) is 4.63. The highest BCUT2D eigenvalue weighted by atomic mass is 35.5. The van der Waals surface area contributed by atoms with Crippen molar-refractivity contribution >= 4 is 34.8 Å². The second kappa shape index (κ2) is 7.71. The molecule has 5 heteroatoms. The summed E-state index contributed by atoms with van der Waals surface area (Å²) in [6.45, 7) is 5.89. The monoisotopic (exact) mass is 351 g/mol. The lowest BCUT2D eigenvalue weighted by molar-refractivity contribution is -0.122. The lowest BCUT2D eigenvalue weighted by atomic mass is 10.1. The summed E-state index contributed by atoms with van der Waals surface area (Å²) >= 11 is 11.8. The first-order valence-corrected chi connectivity index (χ1v) is 8.16. The minimum absolute atomic E-state index is 0.217. The molecule has 0 saturated carbocycles. The molecule has 23 heavy (non-hydrogen) atoms. The Morgan fingerprint density at radius 1 is 1.13 bits per heavy atom. The second-order valence-electron chi connectivity index (χ2n) is 5.40. The minimum atomic E-state index is -0.578. The van der Waals surface area contributed by atoms with Crippen molar-refractivity contribution in [3.63, 3.8) is 0 Å². The molecule has 1 unspecified atom stereocenters. The largest absolute Gasteiger partial charge is 0.480 e. The van der Waals surface area contributed by atoms with Gasteiger partial charge in [-0.15, -0.1) is 0 Å². The highest BCUT2D eigenvalue weighted by molar-refractivity contribution is 6.42. The van der Waals surface area contributed by atoms with Gasteiger partial charge in [0.2, 0.25) is 0 Å². The molecule has 0 aromatic heterocycles. The van der Waals surface area contributed by atoms with Gasteiger partial charge >= 0.3 is 0 Å². The minimum Gasteiger partial charge on any atom is -0.480 e. The van der Waals surface area contributed by atoms with Crippen LogP contribution in [-0.2, 0) is 4.79 Å². The Labute approximate surface area is 146 Å². The van der Waals surface area contributed by atoms with Crippen molar-refractivity contribution in [3.8, 4) is 5.75 Å². The molecule has 0 aliphatic heterocycles. The smallest absolute Gasteiger partial charge is 0.265 e. The molecule has 0 radical (unpaired) electrons. The predicted molar refractivity (Wildman–Crippen MR) is 95.7 cm³/mol. The molecule has 1 amide bonds. The van der Waals surface area contributed by atoms with E-state index in [1.54, 1.807) is 18.2 Å². The van der Waals surface area contributed by atoms with Crippen LogP contribution in [0.2, 0.25) is 10.0 Å². The normalized spacial score (nSPS) is 11.9. The van der Waals surface area contributed by atoms with Crippen LogP contribution >= 0.6 is 23.2 Å². The number of nitrogens with one attached hydrogen (secondary N) is 1. The fraction of sp³-hybridized carbons (Fsp3) is 0.278. The third-order valence-corrected chi connectivity index (χ3v) is 4.19. The Kier molecular flexibility index (Phi) is 5.91. The molecule has 122 valence electrons. The number of rotatable bonds is 5. The second-order valence-corrected chi connectivity index (χ2v) is 6.22. The Bertz CT molecular complexity index is 716. The first-order chi connectivity index (χ1) is 10.9. The molecule has 0 spiro atoms. The Morgan fingerprint density at radius 3 is 2.48 bits per heavy atom. The van der Waals surface area contributed by atoms with Gasteiger partial charge < -0.3 is 10.1 Å². The lowest BCUT2D eigenvalue weighted by Crippen LogP contribution is -2.32. The number of amides is 1. The van der Waals surface area contributed by atoms with Crippen LogP contribution in [0.1, 0.15) is 24.5 Å². The fourth-order valence-electron chi connectivity index (χ4n) is 2.20. The summed E-state index contributed by atoms with van der Waals surface area (Å²) in [4.78, 5) is 12.4. The topological polar surface area (TPSA) is 38.3 Å². The summed E-state index contributed by atoms with van der Waals surface area (Å²) in [6, 6.07) is 10.8. The van der Waals surface area contributed by atoms with Crippen molar-refractivity contribution in [1.82, 2.24) is 0 Å². The zero-order valence-electron chi connectivity index (χ0n) is 13.3. The van der Waals surface area contributed by atoms with Gasteiger partial charge in [0.1, 0.15) is 5.75 Å². The molecule has 0 heterocycles. The SMILES string of the molecule is CCC(Oc1ccc(C)cc1C)C(=O)Nc1ccc(Cl)c(Cl)c1. The number of hydrogen-bond donors (Lipinski definition) is 1. The van der Waals surface area contributed by atoms with Crippen LogP contribution in [-0.4, -0.2) is 12.0 Å². The number of carbonyl (C=O) groups is 1. The van der Waals surface area contributed by atoms with Crippen molar-refractivity contribution in [1.29, 1.82) is 0 Å². The zero-order chi connectivity index (χ0) is 17.0. The first kappa shape index (κ1) is 17.6. The van der Waals surface area contributed by atoms with Gasteiger partial charge in [0.05, 0.1) is 10.0 Å².